The zero-order valence-electron chi connectivity index (χ0n) is 17.9. The van der Waals surface area contributed by atoms with Crippen molar-refractivity contribution in [3.8, 4) is 11.5 Å². The van der Waals surface area contributed by atoms with E-state index in [1.807, 2.05) is 48.7 Å². The van der Waals surface area contributed by atoms with Gasteiger partial charge < -0.3 is 14.5 Å². The van der Waals surface area contributed by atoms with Crippen LogP contribution in [0.1, 0.15) is 36.3 Å². The van der Waals surface area contributed by atoms with E-state index >= 15 is 0 Å². The molecule has 0 aliphatic carbocycles. The molecule has 4 rings (SSSR count). The van der Waals surface area contributed by atoms with Gasteiger partial charge in [0, 0.05) is 48.2 Å². The number of benzene rings is 2. The van der Waals surface area contributed by atoms with E-state index in [2.05, 4.69) is 9.71 Å². The molecule has 0 spiro atoms. The number of aromatic nitrogens is 1. The van der Waals surface area contributed by atoms with Crippen LogP contribution in [0.5, 0.6) is 11.5 Å². The maximum absolute atomic E-state index is 13.0. The van der Waals surface area contributed by atoms with Gasteiger partial charge in [-0.3, -0.25) is 0 Å². The van der Waals surface area contributed by atoms with Crippen LogP contribution in [0.25, 0.3) is 10.9 Å². The van der Waals surface area contributed by atoms with Gasteiger partial charge in [-0.25, -0.2) is 4.72 Å². The zero-order valence-corrected chi connectivity index (χ0v) is 18.7. The largest absolute Gasteiger partial charge is 0.493 e. The summed E-state index contributed by atoms with van der Waals surface area (Å²) < 4.78 is 41.5. The molecule has 1 aliphatic heterocycles. The Balaban J connectivity index is 1.74. The summed E-state index contributed by atoms with van der Waals surface area (Å²) in [6.07, 6.45) is 4.82. The van der Waals surface area contributed by atoms with Crippen LogP contribution < -0.4 is 14.2 Å². The van der Waals surface area contributed by atoms with Crippen LogP contribution in [-0.4, -0.2) is 51.6 Å². The fourth-order valence-electron chi connectivity index (χ4n) is 4.34. The number of fused-ring (bicyclic) bond motifs is 1. The van der Waals surface area contributed by atoms with E-state index < -0.39 is 10.2 Å². The lowest BCUT2D eigenvalue weighted by Crippen LogP contribution is -2.44. The van der Waals surface area contributed by atoms with Crippen LogP contribution in [0.4, 0.5) is 0 Å². The molecule has 2 N–H and O–H groups in total. The van der Waals surface area contributed by atoms with E-state index in [0.29, 0.717) is 24.6 Å². The van der Waals surface area contributed by atoms with Crippen LogP contribution in [0.3, 0.4) is 0 Å². The molecule has 1 saturated heterocycles. The second kappa shape index (κ2) is 9.30. The number of piperidine rings is 1. The van der Waals surface area contributed by atoms with Crippen LogP contribution in [0, 0.1) is 0 Å². The van der Waals surface area contributed by atoms with Crippen molar-refractivity contribution >= 4 is 21.1 Å². The lowest BCUT2D eigenvalue weighted by molar-refractivity contribution is 0.340. The molecule has 1 unspecified atom stereocenters. The molecule has 0 radical (unpaired) electrons. The zero-order chi connectivity index (χ0) is 21.8. The topological polar surface area (TPSA) is 83.7 Å². The van der Waals surface area contributed by atoms with Gasteiger partial charge in [-0.05, 0) is 30.5 Å². The Morgan fingerprint density at radius 1 is 1.00 bits per heavy atom. The molecule has 31 heavy (non-hydrogen) atoms. The van der Waals surface area contributed by atoms with E-state index in [0.717, 1.165) is 41.3 Å². The fourth-order valence-corrected chi connectivity index (χ4v) is 5.64. The molecule has 1 aromatic heterocycles. The van der Waals surface area contributed by atoms with Crippen LogP contribution in [0.15, 0.2) is 48.7 Å². The van der Waals surface area contributed by atoms with Crippen LogP contribution in [-0.2, 0) is 10.2 Å². The van der Waals surface area contributed by atoms with Crippen molar-refractivity contribution in [1.29, 1.82) is 0 Å². The van der Waals surface area contributed by atoms with Crippen LogP contribution >= 0.6 is 0 Å². The predicted octanol–water partition coefficient (Wildman–Crippen LogP) is 3.64. The lowest BCUT2D eigenvalue weighted by atomic mass is 9.90. The minimum atomic E-state index is -3.56. The van der Waals surface area contributed by atoms with Gasteiger partial charge in [0.1, 0.15) is 0 Å². The lowest BCUT2D eigenvalue weighted by Gasteiger charge is -2.27. The molecule has 7 nitrogen and oxygen atoms in total. The monoisotopic (exact) mass is 443 g/mol. The number of rotatable bonds is 8. The van der Waals surface area contributed by atoms with Gasteiger partial charge >= 0.3 is 0 Å². The average Bonchev–Trinajstić information content (AvgIpc) is 3.23. The third-order valence-corrected chi connectivity index (χ3v) is 7.51. The highest BCUT2D eigenvalue weighted by atomic mass is 32.2. The summed E-state index contributed by atoms with van der Waals surface area (Å²) in [5.74, 6) is 0.960. The van der Waals surface area contributed by atoms with Crippen molar-refractivity contribution in [2.45, 2.75) is 25.2 Å². The third kappa shape index (κ3) is 4.42. The number of hydrogen-bond donors (Lipinski definition) is 2. The number of H-pyrrole nitrogens is 1. The Kier molecular flexibility index (Phi) is 6.50. The summed E-state index contributed by atoms with van der Waals surface area (Å²) in [5.41, 5.74) is 2.87. The molecule has 1 aliphatic rings. The molecular weight excluding hydrogens is 414 g/mol. The van der Waals surface area contributed by atoms with E-state index in [1.165, 1.54) is 0 Å². The summed E-state index contributed by atoms with van der Waals surface area (Å²) >= 11 is 0. The van der Waals surface area contributed by atoms with Crippen LogP contribution in [0.2, 0.25) is 0 Å². The second-order valence-electron chi connectivity index (χ2n) is 7.74. The Bertz CT molecular complexity index is 1140. The minimum Gasteiger partial charge on any atom is -0.493 e. The van der Waals surface area contributed by atoms with Gasteiger partial charge in [0.05, 0.1) is 14.2 Å². The standard InChI is InChI=1S/C23H29N3O4S/c1-29-22-12-8-10-18(23(22)30-2)20(19-15-24-21-11-5-4-9-17(19)21)16-25-31(27,28)26-13-6-3-7-14-26/h4-5,8-12,15,20,24-25H,3,6-7,13-14,16H2,1-2H3. The first-order valence-corrected chi connectivity index (χ1v) is 12.0. The van der Waals surface area contributed by atoms with Gasteiger partial charge in [-0.1, -0.05) is 36.8 Å². The highest BCUT2D eigenvalue weighted by Gasteiger charge is 2.28. The molecule has 1 fully saturated rings. The van der Waals surface area contributed by atoms with Gasteiger partial charge in [0.15, 0.2) is 11.5 Å². The Morgan fingerprint density at radius 3 is 2.52 bits per heavy atom. The SMILES string of the molecule is COc1cccc(C(CNS(=O)(=O)N2CCCCC2)c2c[nH]c3ccccc23)c1OC. The van der Waals surface area contributed by atoms with Crippen molar-refractivity contribution in [2.24, 2.45) is 0 Å². The fraction of sp³-hybridized carbons (Fsp3) is 0.391. The summed E-state index contributed by atoms with van der Waals surface area (Å²) in [5, 5.41) is 1.05. The molecule has 166 valence electrons. The van der Waals surface area contributed by atoms with Crippen molar-refractivity contribution in [3.63, 3.8) is 0 Å². The molecule has 2 aromatic carbocycles. The first-order chi connectivity index (χ1) is 15.0. The summed E-state index contributed by atoms with van der Waals surface area (Å²) in [7, 11) is -0.364. The van der Waals surface area contributed by atoms with Crippen molar-refractivity contribution in [2.75, 3.05) is 33.9 Å². The maximum atomic E-state index is 13.0. The molecule has 8 heteroatoms. The summed E-state index contributed by atoms with van der Waals surface area (Å²) in [4.78, 5) is 3.31. The van der Waals surface area contributed by atoms with Gasteiger partial charge in [-0.15, -0.1) is 0 Å². The Morgan fingerprint density at radius 2 is 1.77 bits per heavy atom. The second-order valence-corrected chi connectivity index (χ2v) is 9.49. The quantitative estimate of drug-likeness (QED) is 0.557. The van der Waals surface area contributed by atoms with Crippen molar-refractivity contribution in [3.05, 3.63) is 59.8 Å². The first-order valence-electron chi connectivity index (χ1n) is 10.6. The van der Waals surface area contributed by atoms with E-state index in [-0.39, 0.29) is 12.5 Å². The Labute approximate surface area is 183 Å². The normalized spacial score (nSPS) is 16.3. The van der Waals surface area contributed by atoms with Gasteiger partial charge in [-0.2, -0.15) is 12.7 Å². The molecule has 3 aromatic rings. The molecule has 0 saturated carbocycles. The Hall–Kier alpha value is -2.55. The number of aromatic amines is 1. The first kappa shape index (κ1) is 21.7. The molecule has 2 heterocycles. The number of methoxy groups -OCH3 is 2. The molecular formula is C23H29N3O4S. The van der Waals surface area contributed by atoms with Crippen molar-refractivity contribution < 1.29 is 17.9 Å². The number of hydrogen-bond acceptors (Lipinski definition) is 4. The summed E-state index contributed by atoms with van der Waals surface area (Å²) in [6.45, 7) is 1.34. The predicted molar refractivity (Wildman–Crippen MR) is 122 cm³/mol. The third-order valence-electron chi connectivity index (χ3n) is 5.93. The number of ether oxygens (including phenoxy) is 2. The molecule has 0 amide bonds. The maximum Gasteiger partial charge on any atom is 0.279 e. The smallest absolute Gasteiger partial charge is 0.279 e. The summed E-state index contributed by atoms with van der Waals surface area (Å²) in [6, 6.07) is 13.7. The van der Waals surface area contributed by atoms with E-state index in [1.54, 1.807) is 18.5 Å². The van der Waals surface area contributed by atoms with Gasteiger partial charge in [0.25, 0.3) is 10.2 Å². The van der Waals surface area contributed by atoms with Gasteiger partial charge in [0.2, 0.25) is 0 Å². The highest BCUT2D eigenvalue weighted by Crippen LogP contribution is 2.40. The van der Waals surface area contributed by atoms with E-state index in [4.69, 9.17) is 9.47 Å². The minimum absolute atomic E-state index is 0.213. The average molecular weight is 444 g/mol. The van der Waals surface area contributed by atoms with Crippen molar-refractivity contribution in [1.82, 2.24) is 14.0 Å². The molecule has 0 bridgehead atoms. The number of para-hydroxylation sites is 2. The highest BCUT2D eigenvalue weighted by molar-refractivity contribution is 7.87. The number of nitrogens with one attached hydrogen (secondary N) is 2. The number of nitrogens with zero attached hydrogens (tertiary/aromatic N) is 1. The molecule has 1 atom stereocenters. The van der Waals surface area contributed by atoms with E-state index in [9.17, 15) is 8.42 Å².